The fourth-order valence-corrected chi connectivity index (χ4v) is 4.49. The maximum absolute atomic E-state index is 12.9. The third-order valence-electron chi connectivity index (χ3n) is 5.95. The molecule has 1 fully saturated rings. The molecule has 3 aromatic rings. The van der Waals surface area contributed by atoms with Crippen LogP contribution in [-0.4, -0.2) is 42.2 Å². The largest absolute Gasteiger partial charge is 0.448 e. The first kappa shape index (κ1) is 18.6. The molecule has 1 saturated heterocycles. The van der Waals surface area contributed by atoms with Gasteiger partial charge in [-0.2, -0.15) is 0 Å². The molecule has 1 amide bonds. The normalized spacial score (nSPS) is 18.0. The summed E-state index contributed by atoms with van der Waals surface area (Å²) in [5.74, 6) is 0.0678. The number of rotatable bonds is 3. The van der Waals surface area contributed by atoms with Gasteiger partial charge in [0.2, 0.25) is 0 Å². The Hall–Kier alpha value is -3.38. The second-order valence-corrected chi connectivity index (χ2v) is 7.81. The standard InChI is InChI=1S/C24H24N4O2/c25-17-11-16(12-26-13-17)23-14-28(10-9-27-23)24(29)30-15-22-20-7-3-1-5-18(20)19-6-2-4-8-21(19)22/h1-8,11-13,22-23,27H,9-10,14-15,25H2. The minimum Gasteiger partial charge on any atom is -0.448 e. The van der Waals surface area contributed by atoms with E-state index in [9.17, 15) is 4.79 Å². The first-order valence-electron chi connectivity index (χ1n) is 10.2. The summed E-state index contributed by atoms with van der Waals surface area (Å²) in [6.07, 6.45) is 3.13. The van der Waals surface area contributed by atoms with Crippen molar-refractivity contribution in [3.05, 3.63) is 83.7 Å². The second kappa shape index (κ2) is 7.80. The SMILES string of the molecule is Nc1cncc(C2CN(C(=O)OCC3c4ccccc4-c4ccccc43)CCN2)c1. The number of nitrogens with two attached hydrogens (primary N) is 1. The van der Waals surface area contributed by atoms with Gasteiger partial charge in [-0.25, -0.2) is 4.79 Å². The van der Waals surface area contributed by atoms with Crippen LogP contribution in [0.4, 0.5) is 10.5 Å². The van der Waals surface area contributed by atoms with E-state index in [4.69, 9.17) is 10.5 Å². The van der Waals surface area contributed by atoms with Gasteiger partial charge >= 0.3 is 6.09 Å². The highest BCUT2D eigenvalue weighted by molar-refractivity contribution is 5.79. The van der Waals surface area contributed by atoms with Crippen molar-refractivity contribution in [1.82, 2.24) is 15.2 Å². The fourth-order valence-electron chi connectivity index (χ4n) is 4.49. The van der Waals surface area contributed by atoms with Crippen LogP contribution in [0.2, 0.25) is 0 Å². The fraction of sp³-hybridized carbons (Fsp3) is 0.250. The van der Waals surface area contributed by atoms with Gasteiger partial charge in [0.1, 0.15) is 6.61 Å². The lowest BCUT2D eigenvalue weighted by molar-refractivity contribution is 0.0883. The number of pyridine rings is 1. The Bertz CT molecular complexity index is 1040. The number of aromatic nitrogens is 1. The number of nitrogens with one attached hydrogen (secondary N) is 1. The molecule has 0 radical (unpaired) electrons. The van der Waals surface area contributed by atoms with Crippen LogP contribution >= 0.6 is 0 Å². The Labute approximate surface area is 175 Å². The van der Waals surface area contributed by atoms with Gasteiger partial charge in [-0.15, -0.1) is 0 Å². The predicted molar refractivity (Wildman–Crippen MR) is 116 cm³/mol. The number of carbonyl (C=O) groups is 1. The Balaban J connectivity index is 1.28. The average molecular weight is 400 g/mol. The van der Waals surface area contributed by atoms with Crippen molar-refractivity contribution in [3.63, 3.8) is 0 Å². The summed E-state index contributed by atoms with van der Waals surface area (Å²) in [7, 11) is 0. The third-order valence-corrected chi connectivity index (χ3v) is 5.95. The van der Waals surface area contributed by atoms with Gasteiger partial charge < -0.3 is 20.7 Å². The number of fused-ring (bicyclic) bond motifs is 3. The molecule has 1 unspecified atom stereocenters. The molecule has 2 heterocycles. The Morgan fingerprint density at radius 2 is 1.80 bits per heavy atom. The summed E-state index contributed by atoms with van der Waals surface area (Å²) in [6, 6.07) is 18.6. The highest BCUT2D eigenvalue weighted by atomic mass is 16.6. The zero-order valence-corrected chi connectivity index (χ0v) is 16.6. The minimum absolute atomic E-state index is 0.00441. The van der Waals surface area contributed by atoms with Crippen LogP contribution in [0, 0.1) is 0 Å². The van der Waals surface area contributed by atoms with Crippen molar-refractivity contribution in [2.75, 3.05) is 32.0 Å². The van der Waals surface area contributed by atoms with Crippen molar-refractivity contribution in [3.8, 4) is 11.1 Å². The maximum atomic E-state index is 12.9. The van der Waals surface area contributed by atoms with Gasteiger partial charge in [-0.1, -0.05) is 48.5 Å². The summed E-state index contributed by atoms with van der Waals surface area (Å²) in [5, 5.41) is 3.43. The van der Waals surface area contributed by atoms with E-state index in [2.05, 4.69) is 46.7 Å². The van der Waals surface area contributed by atoms with Crippen LogP contribution in [0.5, 0.6) is 0 Å². The highest BCUT2D eigenvalue weighted by Crippen LogP contribution is 2.44. The molecule has 6 nitrogen and oxygen atoms in total. The number of anilines is 1. The van der Waals surface area contributed by atoms with Crippen LogP contribution in [0.25, 0.3) is 11.1 Å². The summed E-state index contributed by atoms with van der Waals surface area (Å²) in [5.41, 5.74) is 12.3. The van der Waals surface area contributed by atoms with Crippen molar-refractivity contribution in [1.29, 1.82) is 0 Å². The van der Waals surface area contributed by atoms with Crippen molar-refractivity contribution < 1.29 is 9.53 Å². The molecule has 5 rings (SSSR count). The zero-order chi connectivity index (χ0) is 20.5. The lowest BCUT2D eigenvalue weighted by Crippen LogP contribution is -2.48. The van der Waals surface area contributed by atoms with E-state index < -0.39 is 0 Å². The van der Waals surface area contributed by atoms with Gasteiger partial charge in [0.05, 0.1) is 11.7 Å². The van der Waals surface area contributed by atoms with E-state index in [1.54, 1.807) is 17.3 Å². The topological polar surface area (TPSA) is 80.5 Å². The molecular weight excluding hydrogens is 376 g/mol. The quantitative estimate of drug-likeness (QED) is 0.703. The van der Waals surface area contributed by atoms with Crippen molar-refractivity contribution in [2.24, 2.45) is 0 Å². The lowest BCUT2D eigenvalue weighted by atomic mass is 9.98. The second-order valence-electron chi connectivity index (χ2n) is 7.81. The molecule has 30 heavy (non-hydrogen) atoms. The van der Waals surface area contributed by atoms with Crippen molar-refractivity contribution in [2.45, 2.75) is 12.0 Å². The first-order valence-corrected chi connectivity index (χ1v) is 10.2. The molecule has 2 aromatic carbocycles. The number of nitrogens with zero attached hydrogens (tertiary/aromatic N) is 2. The minimum atomic E-state index is -0.278. The number of nitrogen functional groups attached to an aromatic ring is 1. The number of benzene rings is 2. The molecule has 1 aliphatic carbocycles. The van der Waals surface area contributed by atoms with E-state index >= 15 is 0 Å². The molecule has 152 valence electrons. The molecule has 2 aliphatic rings. The molecular formula is C24H24N4O2. The van der Waals surface area contributed by atoms with Crippen LogP contribution < -0.4 is 11.1 Å². The Morgan fingerprint density at radius 1 is 1.10 bits per heavy atom. The molecule has 0 bridgehead atoms. The Kier molecular flexibility index (Phi) is 4.85. The number of amides is 1. The van der Waals surface area contributed by atoms with Gasteiger partial charge in [0.25, 0.3) is 0 Å². The number of hydrogen-bond donors (Lipinski definition) is 2. The zero-order valence-electron chi connectivity index (χ0n) is 16.6. The summed E-state index contributed by atoms with van der Waals surface area (Å²) in [4.78, 5) is 18.8. The lowest BCUT2D eigenvalue weighted by Gasteiger charge is -2.33. The number of carbonyl (C=O) groups excluding carboxylic acids is 1. The van der Waals surface area contributed by atoms with E-state index in [0.717, 1.165) is 5.56 Å². The molecule has 3 N–H and O–H groups in total. The van der Waals surface area contributed by atoms with Gasteiger partial charge in [0.15, 0.2) is 0 Å². The molecule has 6 heteroatoms. The number of piperazine rings is 1. The highest BCUT2D eigenvalue weighted by Gasteiger charge is 2.31. The smallest absolute Gasteiger partial charge is 0.409 e. The Morgan fingerprint density at radius 3 is 2.50 bits per heavy atom. The van der Waals surface area contributed by atoms with Crippen LogP contribution in [0.15, 0.2) is 67.0 Å². The molecule has 1 atom stereocenters. The first-order chi connectivity index (χ1) is 14.7. The molecule has 0 spiro atoms. The molecule has 1 aliphatic heterocycles. The molecule has 1 aromatic heterocycles. The summed E-state index contributed by atoms with van der Waals surface area (Å²) >= 11 is 0. The van der Waals surface area contributed by atoms with Crippen LogP contribution in [-0.2, 0) is 4.74 Å². The van der Waals surface area contributed by atoms with E-state index in [1.807, 2.05) is 18.2 Å². The number of ether oxygens (including phenoxy) is 1. The van der Waals surface area contributed by atoms with Gasteiger partial charge in [-0.3, -0.25) is 4.98 Å². The van der Waals surface area contributed by atoms with Crippen LogP contribution in [0.3, 0.4) is 0 Å². The monoisotopic (exact) mass is 400 g/mol. The van der Waals surface area contributed by atoms with Gasteiger partial charge in [0, 0.05) is 37.9 Å². The van der Waals surface area contributed by atoms with E-state index in [1.165, 1.54) is 22.3 Å². The summed E-state index contributed by atoms with van der Waals surface area (Å²) < 4.78 is 5.81. The van der Waals surface area contributed by atoms with Gasteiger partial charge in [-0.05, 0) is 33.9 Å². The third kappa shape index (κ3) is 3.39. The van der Waals surface area contributed by atoms with E-state index in [-0.39, 0.29) is 18.1 Å². The van der Waals surface area contributed by atoms with Crippen LogP contribution in [0.1, 0.15) is 28.7 Å². The predicted octanol–water partition coefficient (Wildman–Crippen LogP) is 3.56. The maximum Gasteiger partial charge on any atom is 0.409 e. The van der Waals surface area contributed by atoms with Crippen molar-refractivity contribution >= 4 is 11.8 Å². The van der Waals surface area contributed by atoms with E-state index in [0.29, 0.717) is 31.9 Å². The summed E-state index contributed by atoms with van der Waals surface area (Å²) in [6.45, 7) is 2.18. The average Bonchev–Trinajstić information content (AvgIpc) is 3.11. The number of hydrogen-bond acceptors (Lipinski definition) is 5. The molecule has 0 saturated carbocycles.